The first-order valence-electron chi connectivity index (χ1n) is 5.53. The van der Waals surface area contributed by atoms with Crippen molar-refractivity contribution in [3.05, 3.63) is 23.2 Å². The van der Waals surface area contributed by atoms with Crippen molar-refractivity contribution < 1.29 is 4.74 Å². The van der Waals surface area contributed by atoms with E-state index in [0.29, 0.717) is 11.8 Å². The van der Waals surface area contributed by atoms with Crippen LogP contribution in [0.4, 0.5) is 11.4 Å². The van der Waals surface area contributed by atoms with Gasteiger partial charge in [-0.1, -0.05) is 11.6 Å². The predicted molar refractivity (Wildman–Crippen MR) is 68.1 cm³/mol. The van der Waals surface area contributed by atoms with Crippen LogP contribution in [0.3, 0.4) is 0 Å². The van der Waals surface area contributed by atoms with Gasteiger partial charge in [0.25, 0.3) is 0 Å². The van der Waals surface area contributed by atoms with Gasteiger partial charge in [-0.25, -0.2) is 0 Å². The fraction of sp³-hybridized carbons (Fsp3) is 0.500. The van der Waals surface area contributed by atoms with E-state index in [1.54, 1.807) is 13.2 Å². The van der Waals surface area contributed by atoms with Gasteiger partial charge in [0.2, 0.25) is 0 Å². The molecule has 16 heavy (non-hydrogen) atoms. The quantitative estimate of drug-likeness (QED) is 0.808. The predicted octanol–water partition coefficient (Wildman–Crippen LogP) is 2.54. The van der Waals surface area contributed by atoms with E-state index in [0.717, 1.165) is 36.6 Å². The third kappa shape index (κ3) is 2.42. The normalized spacial score (nSPS) is 17.8. The zero-order valence-electron chi connectivity index (χ0n) is 9.45. The minimum Gasteiger partial charge on any atom is -0.399 e. The van der Waals surface area contributed by atoms with E-state index in [4.69, 9.17) is 22.1 Å². The molecule has 0 bridgehead atoms. The van der Waals surface area contributed by atoms with E-state index < -0.39 is 0 Å². The van der Waals surface area contributed by atoms with Crippen molar-refractivity contribution in [3.8, 4) is 0 Å². The Balaban J connectivity index is 2.08. The number of rotatable bonds is 2. The molecule has 0 aliphatic carbocycles. The molecule has 3 nitrogen and oxygen atoms in total. The second-order valence-electron chi connectivity index (χ2n) is 4.13. The maximum atomic E-state index is 6.18. The zero-order chi connectivity index (χ0) is 11.5. The summed E-state index contributed by atoms with van der Waals surface area (Å²) in [6.07, 6.45) is 2.50. The van der Waals surface area contributed by atoms with Gasteiger partial charge in [0, 0.05) is 25.9 Å². The Hall–Kier alpha value is -0.930. The molecule has 4 heteroatoms. The average molecular weight is 241 g/mol. The summed E-state index contributed by atoms with van der Waals surface area (Å²) in [6.45, 7) is 1.98. The van der Waals surface area contributed by atoms with Gasteiger partial charge in [-0.05, 0) is 31.0 Å². The van der Waals surface area contributed by atoms with Gasteiger partial charge in [0.1, 0.15) is 0 Å². The molecule has 2 rings (SSSR count). The number of benzene rings is 1. The summed E-state index contributed by atoms with van der Waals surface area (Å²) in [4.78, 5) is 2.29. The van der Waals surface area contributed by atoms with Crippen molar-refractivity contribution in [2.45, 2.75) is 18.9 Å². The summed E-state index contributed by atoms with van der Waals surface area (Å²) in [5, 5.41) is 0.732. The van der Waals surface area contributed by atoms with Crippen LogP contribution in [0, 0.1) is 0 Å². The van der Waals surface area contributed by atoms with Crippen LogP contribution in [0.1, 0.15) is 12.8 Å². The van der Waals surface area contributed by atoms with Crippen molar-refractivity contribution in [3.63, 3.8) is 0 Å². The molecule has 0 unspecified atom stereocenters. The van der Waals surface area contributed by atoms with Crippen LogP contribution in [-0.2, 0) is 4.74 Å². The highest BCUT2D eigenvalue weighted by atomic mass is 35.5. The van der Waals surface area contributed by atoms with Gasteiger partial charge in [0.05, 0.1) is 16.8 Å². The minimum atomic E-state index is 0.392. The number of nitrogen functional groups attached to an aromatic ring is 1. The highest BCUT2D eigenvalue weighted by Crippen LogP contribution is 2.30. The molecule has 1 saturated heterocycles. The maximum absolute atomic E-state index is 6.18. The van der Waals surface area contributed by atoms with E-state index in [-0.39, 0.29) is 0 Å². The SMILES string of the molecule is COC1CCN(c2ccc(N)cc2Cl)CC1. The van der Waals surface area contributed by atoms with Crippen LogP contribution < -0.4 is 10.6 Å². The molecular formula is C12H17ClN2O. The van der Waals surface area contributed by atoms with E-state index in [1.165, 1.54) is 0 Å². The largest absolute Gasteiger partial charge is 0.399 e. The minimum absolute atomic E-state index is 0.392. The van der Waals surface area contributed by atoms with Crippen molar-refractivity contribution in [1.82, 2.24) is 0 Å². The third-order valence-corrected chi connectivity index (χ3v) is 3.39. The molecule has 0 radical (unpaired) electrons. The fourth-order valence-corrected chi connectivity index (χ4v) is 2.42. The smallest absolute Gasteiger partial charge is 0.0660 e. The molecule has 1 aromatic carbocycles. The number of piperidine rings is 1. The molecular weight excluding hydrogens is 224 g/mol. The molecule has 1 aliphatic rings. The first-order valence-corrected chi connectivity index (χ1v) is 5.91. The summed E-state index contributed by atoms with van der Waals surface area (Å²) in [6, 6.07) is 5.69. The molecule has 1 fully saturated rings. The second-order valence-corrected chi connectivity index (χ2v) is 4.54. The lowest BCUT2D eigenvalue weighted by Crippen LogP contribution is -2.36. The fourth-order valence-electron chi connectivity index (χ4n) is 2.11. The van der Waals surface area contributed by atoms with Crippen LogP contribution in [-0.4, -0.2) is 26.3 Å². The van der Waals surface area contributed by atoms with E-state index in [9.17, 15) is 0 Å². The number of halogens is 1. The summed E-state index contributed by atoms with van der Waals surface area (Å²) in [5.74, 6) is 0. The molecule has 0 aromatic heterocycles. The van der Waals surface area contributed by atoms with Crippen molar-refractivity contribution in [2.24, 2.45) is 0 Å². The van der Waals surface area contributed by atoms with Gasteiger partial charge in [0.15, 0.2) is 0 Å². The Morgan fingerprint density at radius 2 is 2.06 bits per heavy atom. The van der Waals surface area contributed by atoms with E-state index in [1.807, 2.05) is 12.1 Å². The molecule has 1 heterocycles. The standard InChI is InChI=1S/C12H17ClN2O/c1-16-10-4-6-15(7-5-10)12-3-2-9(14)8-11(12)13/h2-3,8,10H,4-7,14H2,1H3. The van der Waals surface area contributed by atoms with Gasteiger partial charge < -0.3 is 15.4 Å². The zero-order valence-corrected chi connectivity index (χ0v) is 10.2. The summed E-state index contributed by atoms with van der Waals surface area (Å²) in [5.41, 5.74) is 7.46. The first-order chi connectivity index (χ1) is 7.70. The Kier molecular flexibility index (Phi) is 3.56. The van der Waals surface area contributed by atoms with Crippen molar-refractivity contribution in [1.29, 1.82) is 0 Å². The Morgan fingerprint density at radius 3 is 2.62 bits per heavy atom. The van der Waals surface area contributed by atoms with Crippen LogP contribution in [0.15, 0.2) is 18.2 Å². The highest BCUT2D eigenvalue weighted by molar-refractivity contribution is 6.33. The lowest BCUT2D eigenvalue weighted by molar-refractivity contribution is 0.0819. The molecule has 2 N–H and O–H groups in total. The molecule has 0 spiro atoms. The molecule has 88 valence electrons. The van der Waals surface area contributed by atoms with Gasteiger partial charge in [-0.3, -0.25) is 0 Å². The van der Waals surface area contributed by atoms with Crippen LogP contribution in [0.2, 0.25) is 5.02 Å². The third-order valence-electron chi connectivity index (χ3n) is 3.09. The second kappa shape index (κ2) is 4.93. The van der Waals surface area contributed by atoms with E-state index in [2.05, 4.69) is 4.90 Å². The van der Waals surface area contributed by atoms with Gasteiger partial charge in [-0.15, -0.1) is 0 Å². The van der Waals surface area contributed by atoms with E-state index >= 15 is 0 Å². The summed E-state index contributed by atoms with van der Waals surface area (Å²) in [7, 11) is 1.77. The summed E-state index contributed by atoms with van der Waals surface area (Å²) < 4.78 is 5.35. The number of methoxy groups -OCH3 is 1. The molecule has 1 aliphatic heterocycles. The maximum Gasteiger partial charge on any atom is 0.0660 e. The lowest BCUT2D eigenvalue weighted by atomic mass is 10.1. The first kappa shape index (κ1) is 11.6. The van der Waals surface area contributed by atoms with Crippen LogP contribution in [0.25, 0.3) is 0 Å². The molecule has 1 aromatic rings. The molecule has 0 atom stereocenters. The Labute approximate surface area is 101 Å². The Morgan fingerprint density at radius 1 is 1.38 bits per heavy atom. The van der Waals surface area contributed by atoms with Crippen molar-refractivity contribution >= 4 is 23.0 Å². The summed E-state index contributed by atoms with van der Waals surface area (Å²) >= 11 is 6.18. The number of hydrogen-bond acceptors (Lipinski definition) is 3. The average Bonchev–Trinajstić information content (AvgIpc) is 2.29. The molecule has 0 amide bonds. The monoisotopic (exact) mass is 240 g/mol. The van der Waals surface area contributed by atoms with Crippen LogP contribution >= 0.6 is 11.6 Å². The highest BCUT2D eigenvalue weighted by Gasteiger charge is 2.20. The number of anilines is 2. The number of nitrogens with zero attached hydrogens (tertiary/aromatic N) is 1. The van der Waals surface area contributed by atoms with Gasteiger partial charge >= 0.3 is 0 Å². The number of ether oxygens (including phenoxy) is 1. The molecule has 0 saturated carbocycles. The number of nitrogens with two attached hydrogens (primary N) is 1. The Bertz CT molecular complexity index is 362. The lowest BCUT2D eigenvalue weighted by Gasteiger charge is -2.33. The number of hydrogen-bond donors (Lipinski definition) is 1. The van der Waals surface area contributed by atoms with Gasteiger partial charge in [-0.2, -0.15) is 0 Å². The van der Waals surface area contributed by atoms with Crippen LogP contribution in [0.5, 0.6) is 0 Å². The van der Waals surface area contributed by atoms with Crippen molar-refractivity contribution in [2.75, 3.05) is 30.8 Å². The topological polar surface area (TPSA) is 38.5 Å².